The Morgan fingerprint density at radius 3 is 2.67 bits per heavy atom. The minimum absolute atomic E-state index is 0.175. The van der Waals surface area contributed by atoms with Gasteiger partial charge >= 0.3 is 0 Å². The van der Waals surface area contributed by atoms with Gasteiger partial charge in [0.2, 0.25) is 0 Å². The average Bonchev–Trinajstić information content (AvgIpc) is 2.47. The van der Waals surface area contributed by atoms with Crippen LogP contribution in [0.5, 0.6) is 0 Å². The fourth-order valence-corrected chi connectivity index (χ4v) is 2.10. The van der Waals surface area contributed by atoms with Crippen molar-refractivity contribution in [2.75, 3.05) is 17.2 Å². The maximum absolute atomic E-state index is 12.3. The molecule has 2 rings (SSSR count). The van der Waals surface area contributed by atoms with E-state index in [1.807, 2.05) is 26.0 Å². The largest absolute Gasteiger partial charge is 0.385 e. The van der Waals surface area contributed by atoms with Crippen LogP contribution in [-0.4, -0.2) is 12.5 Å². The van der Waals surface area contributed by atoms with Crippen LogP contribution in [0, 0.1) is 18.3 Å². The fourth-order valence-electron chi connectivity index (χ4n) is 2.10. The molecule has 2 aromatic rings. The zero-order valence-electron chi connectivity index (χ0n) is 12.1. The van der Waals surface area contributed by atoms with E-state index in [0.29, 0.717) is 16.8 Å². The summed E-state index contributed by atoms with van der Waals surface area (Å²) in [6, 6.07) is 14.6. The monoisotopic (exact) mass is 279 g/mol. The summed E-state index contributed by atoms with van der Waals surface area (Å²) in [6.07, 6.45) is 0. The van der Waals surface area contributed by atoms with E-state index >= 15 is 0 Å². The second-order valence-electron chi connectivity index (χ2n) is 4.71. The van der Waals surface area contributed by atoms with Gasteiger partial charge in [-0.3, -0.25) is 4.79 Å². The van der Waals surface area contributed by atoms with Crippen molar-refractivity contribution in [1.82, 2.24) is 0 Å². The van der Waals surface area contributed by atoms with E-state index in [1.54, 1.807) is 30.3 Å². The average molecular weight is 279 g/mol. The standard InChI is InChI=1S/C17H17N3O/c1-3-19-14-7-8-16(12(2)9-14)17(21)20-15-6-4-5-13(10-15)11-18/h4-10,19H,3H2,1-2H3,(H,20,21). The Morgan fingerprint density at radius 1 is 1.19 bits per heavy atom. The van der Waals surface area contributed by atoms with Crippen molar-refractivity contribution in [1.29, 1.82) is 5.26 Å². The predicted octanol–water partition coefficient (Wildman–Crippen LogP) is 3.55. The number of nitrogens with one attached hydrogen (secondary N) is 2. The van der Waals surface area contributed by atoms with E-state index in [9.17, 15) is 4.79 Å². The molecule has 0 fully saturated rings. The molecule has 4 nitrogen and oxygen atoms in total. The minimum Gasteiger partial charge on any atom is -0.385 e. The van der Waals surface area contributed by atoms with Crippen LogP contribution in [0.4, 0.5) is 11.4 Å². The zero-order chi connectivity index (χ0) is 15.2. The van der Waals surface area contributed by atoms with Crippen molar-refractivity contribution < 1.29 is 4.79 Å². The number of rotatable bonds is 4. The smallest absolute Gasteiger partial charge is 0.255 e. The van der Waals surface area contributed by atoms with E-state index in [1.165, 1.54) is 0 Å². The third-order valence-corrected chi connectivity index (χ3v) is 3.10. The molecule has 0 saturated heterocycles. The van der Waals surface area contributed by atoms with Gasteiger partial charge in [-0.15, -0.1) is 0 Å². The number of anilines is 2. The van der Waals surface area contributed by atoms with Crippen LogP contribution in [-0.2, 0) is 0 Å². The Balaban J connectivity index is 2.18. The highest BCUT2D eigenvalue weighted by Gasteiger charge is 2.10. The first kappa shape index (κ1) is 14.6. The molecular formula is C17H17N3O. The molecule has 1 amide bonds. The first-order valence-corrected chi connectivity index (χ1v) is 6.80. The molecule has 2 N–H and O–H groups in total. The fraction of sp³-hybridized carbons (Fsp3) is 0.176. The molecule has 0 aliphatic carbocycles. The highest BCUT2D eigenvalue weighted by atomic mass is 16.1. The third-order valence-electron chi connectivity index (χ3n) is 3.10. The number of benzene rings is 2. The molecule has 0 aromatic heterocycles. The molecule has 0 heterocycles. The van der Waals surface area contributed by atoms with Crippen LogP contribution in [0.25, 0.3) is 0 Å². The van der Waals surface area contributed by atoms with Crippen molar-refractivity contribution in [2.24, 2.45) is 0 Å². The van der Waals surface area contributed by atoms with Gasteiger partial charge in [0.05, 0.1) is 11.6 Å². The second kappa shape index (κ2) is 6.58. The lowest BCUT2D eigenvalue weighted by Crippen LogP contribution is -2.13. The molecule has 0 unspecified atom stereocenters. The SMILES string of the molecule is CCNc1ccc(C(=O)Nc2cccc(C#N)c2)c(C)c1. The summed E-state index contributed by atoms with van der Waals surface area (Å²) in [5, 5.41) is 14.9. The lowest BCUT2D eigenvalue weighted by molar-refractivity contribution is 0.102. The Morgan fingerprint density at radius 2 is 2.00 bits per heavy atom. The van der Waals surface area contributed by atoms with Gasteiger partial charge in [0.25, 0.3) is 5.91 Å². The summed E-state index contributed by atoms with van der Waals surface area (Å²) in [5.41, 5.74) is 3.67. The number of hydrogen-bond donors (Lipinski definition) is 2. The number of carbonyl (C=O) groups is 1. The van der Waals surface area contributed by atoms with Crippen molar-refractivity contribution in [3.05, 3.63) is 59.2 Å². The Hall–Kier alpha value is -2.80. The summed E-state index contributed by atoms with van der Waals surface area (Å²) < 4.78 is 0. The van der Waals surface area contributed by atoms with Gasteiger partial charge < -0.3 is 10.6 Å². The molecular weight excluding hydrogens is 262 g/mol. The molecule has 0 saturated carbocycles. The number of nitriles is 1. The molecule has 106 valence electrons. The van der Waals surface area contributed by atoms with Crippen molar-refractivity contribution in [3.8, 4) is 6.07 Å². The maximum Gasteiger partial charge on any atom is 0.255 e. The van der Waals surface area contributed by atoms with Gasteiger partial charge in [-0.25, -0.2) is 0 Å². The number of nitrogens with zero attached hydrogens (tertiary/aromatic N) is 1. The lowest BCUT2D eigenvalue weighted by atomic mass is 10.1. The number of amides is 1. The normalized spacial score (nSPS) is 9.76. The Labute approximate surface area is 124 Å². The van der Waals surface area contributed by atoms with Crippen LogP contribution in [0.2, 0.25) is 0 Å². The minimum atomic E-state index is -0.175. The lowest BCUT2D eigenvalue weighted by Gasteiger charge is -2.10. The van der Waals surface area contributed by atoms with Crippen LogP contribution >= 0.6 is 0 Å². The molecule has 0 aliphatic rings. The predicted molar refractivity (Wildman–Crippen MR) is 84.5 cm³/mol. The summed E-state index contributed by atoms with van der Waals surface area (Å²) >= 11 is 0. The molecule has 4 heteroatoms. The van der Waals surface area contributed by atoms with Gasteiger partial charge in [0, 0.05) is 23.5 Å². The van der Waals surface area contributed by atoms with Gasteiger partial charge in [-0.1, -0.05) is 6.07 Å². The van der Waals surface area contributed by atoms with Crippen LogP contribution < -0.4 is 10.6 Å². The van der Waals surface area contributed by atoms with Gasteiger partial charge in [-0.05, 0) is 55.8 Å². The Kier molecular flexibility index (Phi) is 4.57. The van der Waals surface area contributed by atoms with Crippen LogP contribution in [0.1, 0.15) is 28.4 Å². The summed E-state index contributed by atoms with van der Waals surface area (Å²) in [5.74, 6) is -0.175. The first-order chi connectivity index (χ1) is 10.1. The topological polar surface area (TPSA) is 64.9 Å². The van der Waals surface area contributed by atoms with Gasteiger partial charge in [0.1, 0.15) is 0 Å². The molecule has 0 spiro atoms. The third kappa shape index (κ3) is 3.61. The summed E-state index contributed by atoms with van der Waals surface area (Å²) in [7, 11) is 0. The maximum atomic E-state index is 12.3. The van der Waals surface area contributed by atoms with E-state index in [-0.39, 0.29) is 5.91 Å². The van der Waals surface area contributed by atoms with E-state index < -0.39 is 0 Å². The van der Waals surface area contributed by atoms with E-state index in [0.717, 1.165) is 17.8 Å². The zero-order valence-corrected chi connectivity index (χ0v) is 12.1. The highest BCUT2D eigenvalue weighted by Crippen LogP contribution is 2.17. The first-order valence-electron chi connectivity index (χ1n) is 6.80. The van der Waals surface area contributed by atoms with Gasteiger partial charge in [0.15, 0.2) is 0 Å². The molecule has 0 bridgehead atoms. The summed E-state index contributed by atoms with van der Waals surface area (Å²) in [4.78, 5) is 12.3. The van der Waals surface area contributed by atoms with Gasteiger partial charge in [-0.2, -0.15) is 5.26 Å². The quantitative estimate of drug-likeness (QED) is 0.899. The molecule has 2 aromatic carbocycles. The molecule has 0 aliphatic heterocycles. The van der Waals surface area contributed by atoms with Crippen molar-refractivity contribution >= 4 is 17.3 Å². The molecule has 0 atom stereocenters. The summed E-state index contributed by atoms with van der Waals surface area (Å²) in [6.45, 7) is 4.77. The van der Waals surface area contributed by atoms with E-state index in [2.05, 4.69) is 16.7 Å². The van der Waals surface area contributed by atoms with Crippen molar-refractivity contribution in [2.45, 2.75) is 13.8 Å². The van der Waals surface area contributed by atoms with E-state index in [4.69, 9.17) is 5.26 Å². The molecule has 0 radical (unpaired) electrons. The van der Waals surface area contributed by atoms with Crippen LogP contribution in [0.3, 0.4) is 0 Å². The number of carbonyl (C=O) groups excluding carboxylic acids is 1. The highest BCUT2D eigenvalue weighted by molar-refractivity contribution is 6.05. The van der Waals surface area contributed by atoms with Crippen LogP contribution in [0.15, 0.2) is 42.5 Å². The Bertz CT molecular complexity index is 701. The molecule has 21 heavy (non-hydrogen) atoms. The van der Waals surface area contributed by atoms with Crippen molar-refractivity contribution in [3.63, 3.8) is 0 Å². The number of aryl methyl sites for hydroxylation is 1. The number of hydrogen-bond acceptors (Lipinski definition) is 3. The second-order valence-corrected chi connectivity index (χ2v) is 4.71.